The highest BCUT2D eigenvalue weighted by Crippen LogP contribution is 2.26. The van der Waals surface area contributed by atoms with Crippen molar-refractivity contribution in [2.24, 2.45) is 5.92 Å². The molecule has 2 atom stereocenters. The third-order valence-corrected chi connectivity index (χ3v) is 2.53. The molecule has 2 heterocycles. The molecule has 0 radical (unpaired) electrons. The fourth-order valence-corrected chi connectivity index (χ4v) is 1.78. The van der Waals surface area contributed by atoms with E-state index in [4.69, 9.17) is 9.47 Å². The van der Waals surface area contributed by atoms with Crippen LogP contribution in [0.3, 0.4) is 0 Å². The minimum absolute atomic E-state index is 0.230. The van der Waals surface area contributed by atoms with Crippen LogP contribution in [-0.4, -0.2) is 37.6 Å². The van der Waals surface area contributed by atoms with Gasteiger partial charge in [0.15, 0.2) is 0 Å². The van der Waals surface area contributed by atoms with Crippen molar-refractivity contribution in [3.8, 4) is 0 Å². The summed E-state index contributed by atoms with van der Waals surface area (Å²) in [5.41, 5.74) is 1.31. The number of hydrogen-bond donors (Lipinski definition) is 1. The summed E-state index contributed by atoms with van der Waals surface area (Å²) in [6, 6.07) is 0. The molecule has 0 aromatic heterocycles. The average molecular weight is 170 g/mol. The molecule has 0 bridgehead atoms. The second-order valence-electron chi connectivity index (χ2n) is 3.32. The number of aliphatic hydroxyl groups excluding tert-OH is 1. The number of hydrogen-bond acceptors (Lipinski definition) is 3. The van der Waals surface area contributed by atoms with E-state index in [1.165, 1.54) is 5.57 Å². The molecular formula is C9H14O3. The topological polar surface area (TPSA) is 38.7 Å². The molecule has 3 nitrogen and oxygen atoms in total. The fraction of sp³-hybridized carbons (Fsp3) is 0.778. The zero-order valence-electron chi connectivity index (χ0n) is 7.03. The van der Waals surface area contributed by atoms with Crippen LogP contribution < -0.4 is 0 Å². The summed E-state index contributed by atoms with van der Waals surface area (Å²) in [6.07, 6.45) is 2.73. The summed E-state index contributed by atoms with van der Waals surface area (Å²) < 4.78 is 10.4. The van der Waals surface area contributed by atoms with Crippen molar-refractivity contribution in [3.05, 3.63) is 11.6 Å². The predicted molar refractivity (Wildman–Crippen MR) is 43.8 cm³/mol. The normalized spacial score (nSPS) is 36.6. The van der Waals surface area contributed by atoms with E-state index in [0.29, 0.717) is 19.8 Å². The summed E-state index contributed by atoms with van der Waals surface area (Å²) in [5.74, 6) is 0.230. The van der Waals surface area contributed by atoms with E-state index in [1.807, 2.05) is 0 Å². The number of rotatable bonds is 1. The van der Waals surface area contributed by atoms with Crippen molar-refractivity contribution in [2.75, 3.05) is 26.4 Å². The van der Waals surface area contributed by atoms with Crippen LogP contribution in [0.15, 0.2) is 11.6 Å². The lowest BCUT2D eigenvalue weighted by molar-refractivity contribution is 0.117. The average Bonchev–Trinajstić information content (AvgIpc) is 2.53. The largest absolute Gasteiger partial charge is 0.390 e. The van der Waals surface area contributed by atoms with Crippen LogP contribution in [0.4, 0.5) is 0 Å². The van der Waals surface area contributed by atoms with Gasteiger partial charge < -0.3 is 14.6 Å². The van der Waals surface area contributed by atoms with E-state index in [2.05, 4.69) is 6.08 Å². The van der Waals surface area contributed by atoms with Gasteiger partial charge in [0, 0.05) is 5.92 Å². The first kappa shape index (κ1) is 8.23. The number of aliphatic hydroxyl groups is 1. The Balaban J connectivity index is 2.02. The van der Waals surface area contributed by atoms with E-state index in [0.717, 1.165) is 13.0 Å². The summed E-state index contributed by atoms with van der Waals surface area (Å²) in [7, 11) is 0. The van der Waals surface area contributed by atoms with E-state index in [9.17, 15) is 5.11 Å². The molecule has 0 saturated carbocycles. The molecule has 3 heteroatoms. The molecule has 68 valence electrons. The van der Waals surface area contributed by atoms with Gasteiger partial charge in [-0.25, -0.2) is 0 Å². The van der Waals surface area contributed by atoms with Crippen molar-refractivity contribution >= 4 is 0 Å². The summed E-state index contributed by atoms with van der Waals surface area (Å²) in [6.45, 7) is 2.64. The monoisotopic (exact) mass is 170 g/mol. The van der Waals surface area contributed by atoms with Crippen molar-refractivity contribution in [2.45, 2.75) is 12.5 Å². The van der Waals surface area contributed by atoms with Crippen molar-refractivity contribution in [1.29, 1.82) is 0 Å². The van der Waals surface area contributed by atoms with Crippen molar-refractivity contribution < 1.29 is 14.6 Å². The van der Waals surface area contributed by atoms with Gasteiger partial charge in [0.25, 0.3) is 0 Å². The summed E-state index contributed by atoms with van der Waals surface area (Å²) in [5, 5.41) is 9.53. The first-order valence-electron chi connectivity index (χ1n) is 4.40. The van der Waals surface area contributed by atoms with Crippen LogP contribution in [0.2, 0.25) is 0 Å². The lowest BCUT2D eigenvalue weighted by Gasteiger charge is -2.20. The maximum atomic E-state index is 9.53. The second-order valence-corrected chi connectivity index (χ2v) is 3.32. The van der Waals surface area contributed by atoms with E-state index >= 15 is 0 Å². The van der Waals surface area contributed by atoms with Gasteiger partial charge in [-0.15, -0.1) is 0 Å². The van der Waals surface area contributed by atoms with E-state index in [1.54, 1.807) is 0 Å². The molecule has 2 aliphatic rings. The van der Waals surface area contributed by atoms with Gasteiger partial charge in [0.1, 0.15) is 0 Å². The second kappa shape index (κ2) is 3.56. The molecule has 2 rings (SSSR count). The molecule has 0 aromatic carbocycles. The van der Waals surface area contributed by atoms with Gasteiger partial charge in [0.05, 0.1) is 32.5 Å². The van der Waals surface area contributed by atoms with Gasteiger partial charge in [0.2, 0.25) is 0 Å². The van der Waals surface area contributed by atoms with Crippen molar-refractivity contribution in [3.63, 3.8) is 0 Å². The van der Waals surface area contributed by atoms with Crippen LogP contribution in [0.1, 0.15) is 6.42 Å². The molecule has 0 spiro atoms. The van der Waals surface area contributed by atoms with Gasteiger partial charge in [-0.3, -0.25) is 0 Å². The fourth-order valence-electron chi connectivity index (χ4n) is 1.78. The van der Waals surface area contributed by atoms with Crippen LogP contribution in [0.5, 0.6) is 0 Å². The van der Waals surface area contributed by atoms with Crippen molar-refractivity contribution in [1.82, 2.24) is 0 Å². The van der Waals surface area contributed by atoms with Crippen LogP contribution in [0.25, 0.3) is 0 Å². The quantitative estimate of drug-likeness (QED) is 0.577. The maximum absolute atomic E-state index is 9.53. The predicted octanol–water partition coefficient (Wildman–Crippen LogP) is 0.340. The molecule has 2 unspecified atom stereocenters. The highest BCUT2D eigenvalue weighted by atomic mass is 16.5. The van der Waals surface area contributed by atoms with Gasteiger partial charge in [-0.2, -0.15) is 0 Å². The highest BCUT2D eigenvalue weighted by Gasteiger charge is 2.29. The van der Waals surface area contributed by atoms with E-state index in [-0.39, 0.29) is 12.0 Å². The standard InChI is InChI=1S/C9H14O3/c10-9-6-12-5-8(9)7-1-3-11-4-2-7/h1,8-10H,2-6H2. The molecule has 2 aliphatic heterocycles. The van der Waals surface area contributed by atoms with Crippen LogP contribution in [0, 0.1) is 5.92 Å². The third kappa shape index (κ3) is 1.53. The van der Waals surface area contributed by atoms with Gasteiger partial charge in [-0.05, 0) is 6.42 Å². The Bertz CT molecular complexity index is 188. The molecule has 1 fully saturated rings. The Labute approximate surface area is 72.0 Å². The zero-order chi connectivity index (χ0) is 8.39. The number of ether oxygens (including phenoxy) is 2. The Morgan fingerprint density at radius 2 is 2.25 bits per heavy atom. The first-order chi connectivity index (χ1) is 5.88. The van der Waals surface area contributed by atoms with Crippen LogP contribution in [-0.2, 0) is 9.47 Å². The molecule has 1 saturated heterocycles. The van der Waals surface area contributed by atoms with Gasteiger partial charge in [-0.1, -0.05) is 11.6 Å². The molecule has 1 N–H and O–H groups in total. The Morgan fingerprint density at radius 1 is 1.33 bits per heavy atom. The third-order valence-electron chi connectivity index (χ3n) is 2.53. The lowest BCUT2D eigenvalue weighted by atomic mass is 9.93. The summed E-state index contributed by atoms with van der Waals surface area (Å²) >= 11 is 0. The minimum Gasteiger partial charge on any atom is -0.390 e. The van der Waals surface area contributed by atoms with Crippen LogP contribution >= 0.6 is 0 Å². The minimum atomic E-state index is -0.297. The van der Waals surface area contributed by atoms with E-state index < -0.39 is 0 Å². The smallest absolute Gasteiger partial charge is 0.0860 e. The first-order valence-corrected chi connectivity index (χ1v) is 4.40. The molecular weight excluding hydrogens is 156 g/mol. The Hall–Kier alpha value is -0.380. The molecule has 0 aliphatic carbocycles. The highest BCUT2D eigenvalue weighted by molar-refractivity contribution is 5.12. The Morgan fingerprint density at radius 3 is 2.83 bits per heavy atom. The SMILES string of the molecule is OC1COCC1C1=CCOCC1. The maximum Gasteiger partial charge on any atom is 0.0860 e. The molecule has 0 aromatic rings. The zero-order valence-corrected chi connectivity index (χ0v) is 7.03. The summed E-state index contributed by atoms with van der Waals surface area (Å²) in [4.78, 5) is 0. The molecule has 12 heavy (non-hydrogen) atoms. The lowest BCUT2D eigenvalue weighted by Crippen LogP contribution is -2.22. The molecule has 0 amide bonds. The van der Waals surface area contributed by atoms with Gasteiger partial charge >= 0.3 is 0 Å². The Kier molecular flexibility index (Phi) is 2.44.